The molecule has 1 aromatic rings. The second-order valence-corrected chi connectivity index (χ2v) is 2.55. The van der Waals surface area contributed by atoms with E-state index in [0.29, 0.717) is 0 Å². The lowest BCUT2D eigenvalue weighted by Crippen LogP contribution is -2.12. The van der Waals surface area contributed by atoms with Crippen molar-refractivity contribution in [3.63, 3.8) is 0 Å². The molecule has 0 saturated carbocycles. The summed E-state index contributed by atoms with van der Waals surface area (Å²) in [4.78, 5) is 21.6. The highest BCUT2D eigenvalue weighted by Crippen LogP contribution is 2.11. The van der Waals surface area contributed by atoms with Crippen molar-refractivity contribution < 1.29 is 18.7 Å². The van der Waals surface area contributed by atoms with Gasteiger partial charge in [-0.15, -0.1) is 0 Å². The molecule has 74 valence electrons. The third-order valence-corrected chi connectivity index (χ3v) is 1.66. The number of rotatable bonds is 2. The molecule has 14 heavy (non-hydrogen) atoms. The maximum Gasteiger partial charge on any atom is 0.340 e. The first-order chi connectivity index (χ1) is 6.56. The molecule has 0 heterocycles. The average Bonchev–Trinajstić information content (AvgIpc) is 2.16. The fourth-order valence-electron chi connectivity index (χ4n) is 0.944. The number of carbonyl (C=O) groups is 2. The Kier molecular flexibility index (Phi) is 2.81. The van der Waals surface area contributed by atoms with Gasteiger partial charge in [0, 0.05) is 5.56 Å². The minimum absolute atomic E-state index is 0.00940. The number of ether oxygens (including phenoxy) is 1. The Balaban J connectivity index is 3.14. The van der Waals surface area contributed by atoms with Crippen molar-refractivity contribution >= 4 is 11.9 Å². The number of esters is 1. The summed E-state index contributed by atoms with van der Waals surface area (Å²) in [6.07, 6.45) is 0. The molecule has 0 unspecified atom stereocenters. The van der Waals surface area contributed by atoms with Gasteiger partial charge < -0.3 is 10.5 Å². The molecule has 1 rings (SSSR count). The predicted octanol–water partition coefficient (Wildman–Crippen LogP) is 0.711. The third-order valence-electron chi connectivity index (χ3n) is 1.66. The number of hydrogen-bond acceptors (Lipinski definition) is 3. The molecule has 0 aliphatic rings. The summed E-state index contributed by atoms with van der Waals surface area (Å²) in [5.74, 6) is -2.37. The first-order valence-electron chi connectivity index (χ1n) is 3.74. The summed E-state index contributed by atoms with van der Waals surface area (Å²) < 4.78 is 17.5. The minimum Gasteiger partial charge on any atom is -0.465 e. The molecule has 4 nitrogen and oxygen atoms in total. The summed E-state index contributed by atoms with van der Waals surface area (Å²) in [6.45, 7) is 0. The molecule has 0 aromatic heterocycles. The zero-order chi connectivity index (χ0) is 10.7. The van der Waals surface area contributed by atoms with Crippen molar-refractivity contribution in [2.45, 2.75) is 0 Å². The van der Waals surface area contributed by atoms with E-state index >= 15 is 0 Å². The lowest BCUT2D eigenvalue weighted by molar-refractivity contribution is 0.0595. The molecule has 0 bridgehead atoms. The molecule has 0 aliphatic heterocycles. The van der Waals surface area contributed by atoms with Gasteiger partial charge >= 0.3 is 5.97 Å². The van der Waals surface area contributed by atoms with E-state index in [1.165, 1.54) is 6.07 Å². The minimum atomic E-state index is -0.826. The van der Waals surface area contributed by atoms with Gasteiger partial charge in [0.15, 0.2) is 0 Å². The summed E-state index contributed by atoms with van der Waals surface area (Å²) in [7, 11) is 1.14. The van der Waals surface area contributed by atoms with Gasteiger partial charge in [-0.05, 0) is 18.2 Å². The van der Waals surface area contributed by atoms with Crippen LogP contribution in [0.4, 0.5) is 4.39 Å². The highest BCUT2D eigenvalue weighted by atomic mass is 19.1. The predicted molar refractivity (Wildman–Crippen MR) is 46.3 cm³/mol. The van der Waals surface area contributed by atoms with Crippen LogP contribution in [0.1, 0.15) is 20.7 Å². The summed E-state index contributed by atoms with van der Waals surface area (Å²) >= 11 is 0. The number of carbonyl (C=O) groups excluding carboxylic acids is 2. The monoisotopic (exact) mass is 197 g/mol. The van der Waals surface area contributed by atoms with Crippen molar-refractivity contribution in [2.75, 3.05) is 7.11 Å². The third kappa shape index (κ3) is 1.87. The lowest BCUT2D eigenvalue weighted by atomic mass is 10.1. The number of amides is 1. The van der Waals surface area contributed by atoms with Crippen LogP contribution in [-0.4, -0.2) is 19.0 Å². The topological polar surface area (TPSA) is 69.4 Å². The van der Waals surface area contributed by atoms with Gasteiger partial charge in [0.05, 0.1) is 12.7 Å². The van der Waals surface area contributed by atoms with Gasteiger partial charge in [0.2, 0.25) is 5.91 Å². The molecule has 0 fully saturated rings. The highest BCUT2D eigenvalue weighted by molar-refractivity contribution is 5.95. The largest absolute Gasteiger partial charge is 0.465 e. The Hall–Kier alpha value is -1.91. The van der Waals surface area contributed by atoms with E-state index in [1.807, 2.05) is 0 Å². The van der Waals surface area contributed by atoms with Crippen LogP contribution >= 0.6 is 0 Å². The van der Waals surface area contributed by atoms with Crippen molar-refractivity contribution in [1.29, 1.82) is 0 Å². The van der Waals surface area contributed by atoms with Gasteiger partial charge in [-0.2, -0.15) is 0 Å². The fourth-order valence-corrected chi connectivity index (χ4v) is 0.944. The van der Waals surface area contributed by atoms with E-state index in [0.717, 1.165) is 19.2 Å². The maximum atomic E-state index is 13.1. The number of benzene rings is 1. The summed E-state index contributed by atoms with van der Waals surface area (Å²) in [5, 5.41) is 0. The Morgan fingerprint density at radius 2 is 2.07 bits per heavy atom. The van der Waals surface area contributed by atoms with Crippen molar-refractivity contribution in [2.24, 2.45) is 5.73 Å². The van der Waals surface area contributed by atoms with Gasteiger partial charge in [-0.25, -0.2) is 9.18 Å². The van der Waals surface area contributed by atoms with Gasteiger partial charge in [0.1, 0.15) is 5.82 Å². The molecule has 5 heteroatoms. The van der Waals surface area contributed by atoms with E-state index in [2.05, 4.69) is 4.74 Å². The number of nitrogens with two attached hydrogens (primary N) is 1. The van der Waals surface area contributed by atoms with Crippen molar-refractivity contribution in [3.05, 3.63) is 35.1 Å². The van der Waals surface area contributed by atoms with Crippen molar-refractivity contribution in [3.8, 4) is 0 Å². The van der Waals surface area contributed by atoms with Crippen LogP contribution in [0.5, 0.6) is 0 Å². The number of hydrogen-bond donors (Lipinski definition) is 1. The van der Waals surface area contributed by atoms with Crippen LogP contribution in [0.25, 0.3) is 0 Å². The quantitative estimate of drug-likeness (QED) is 0.710. The van der Waals surface area contributed by atoms with Crippen molar-refractivity contribution in [1.82, 2.24) is 0 Å². The van der Waals surface area contributed by atoms with E-state index in [1.54, 1.807) is 0 Å². The number of primary amides is 1. The summed E-state index contributed by atoms with van der Waals surface area (Å²) in [5.41, 5.74) is 4.70. The van der Waals surface area contributed by atoms with Crippen LogP contribution in [0, 0.1) is 5.82 Å². The van der Waals surface area contributed by atoms with E-state index in [9.17, 15) is 14.0 Å². The highest BCUT2D eigenvalue weighted by Gasteiger charge is 2.13. The lowest BCUT2D eigenvalue weighted by Gasteiger charge is -2.01. The average molecular weight is 197 g/mol. The first kappa shape index (κ1) is 10.2. The van der Waals surface area contributed by atoms with E-state index in [-0.39, 0.29) is 11.1 Å². The molecule has 2 N–H and O–H groups in total. The standard InChI is InChI=1S/C9H8FNO3/c1-14-9(13)6-3-2-5(8(11)12)4-7(6)10/h2-4H,1H3,(H2,11,12). The molecular formula is C9H8FNO3. The molecular weight excluding hydrogens is 189 g/mol. The first-order valence-corrected chi connectivity index (χ1v) is 3.74. The Morgan fingerprint density at radius 3 is 2.50 bits per heavy atom. The normalized spacial score (nSPS) is 9.57. The SMILES string of the molecule is COC(=O)c1ccc(C(N)=O)cc1F. The van der Waals surface area contributed by atoms with Crippen LogP contribution in [0.2, 0.25) is 0 Å². The van der Waals surface area contributed by atoms with Crippen LogP contribution in [0.3, 0.4) is 0 Å². The Bertz CT molecular complexity index is 390. The van der Waals surface area contributed by atoms with Gasteiger partial charge in [0.25, 0.3) is 0 Å². The zero-order valence-corrected chi connectivity index (χ0v) is 7.41. The fraction of sp³-hybridized carbons (Fsp3) is 0.111. The smallest absolute Gasteiger partial charge is 0.340 e. The zero-order valence-electron chi connectivity index (χ0n) is 7.41. The number of halogens is 1. The molecule has 0 radical (unpaired) electrons. The molecule has 0 saturated heterocycles. The molecule has 0 aliphatic carbocycles. The maximum absolute atomic E-state index is 13.1. The molecule has 1 aromatic carbocycles. The second kappa shape index (κ2) is 3.87. The van der Waals surface area contributed by atoms with Crippen LogP contribution in [0.15, 0.2) is 18.2 Å². The van der Waals surface area contributed by atoms with Crippen LogP contribution < -0.4 is 5.73 Å². The molecule has 0 spiro atoms. The number of methoxy groups -OCH3 is 1. The van der Waals surface area contributed by atoms with Gasteiger partial charge in [-0.1, -0.05) is 0 Å². The Labute approximate surface area is 79.5 Å². The van der Waals surface area contributed by atoms with E-state index < -0.39 is 17.7 Å². The van der Waals surface area contributed by atoms with E-state index in [4.69, 9.17) is 5.73 Å². The molecule has 0 atom stereocenters. The van der Waals surface area contributed by atoms with Gasteiger partial charge in [-0.3, -0.25) is 4.79 Å². The molecule has 1 amide bonds. The summed E-state index contributed by atoms with van der Waals surface area (Å²) in [6, 6.07) is 3.31. The van der Waals surface area contributed by atoms with Crippen LogP contribution in [-0.2, 0) is 4.74 Å². The Morgan fingerprint density at radius 1 is 1.43 bits per heavy atom. The second-order valence-electron chi connectivity index (χ2n) is 2.55.